The van der Waals surface area contributed by atoms with Crippen molar-refractivity contribution in [1.82, 2.24) is 5.32 Å². The standard InChI is InChI=1S/C12H16ClNO3/c1-8(13)3-2-6-14-12(17)10-5-4-9(15)7-11(10)16/h4-5,7-8,15-16H,2-3,6H2,1H3,(H,14,17). The predicted octanol–water partition coefficient (Wildman–Crippen LogP) is 2.24. The van der Waals surface area contributed by atoms with Crippen LogP contribution in [0, 0.1) is 0 Å². The molecule has 1 aromatic rings. The number of hydrogen-bond acceptors (Lipinski definition) is 3. The molecule has 0 fully saturated rings. The summed E-state index contributed by atoms with van der Waals surface area (Å²) in [5.74, 6) is -0.659. The van der Waals surface area contributed by atoms with Crippen LogP contribution in [0.3, 0.4) is 0 Å². The molecule has 0 aliphatic heterocycles. The van der Waals surface area contributed by atoms with Crippen molar-refractivity contribution >= 4 is 17.5 Å². The lowest BCUT2D eigenvalue weighted by atomic mass is 10.1. The smallest absolute Gasteiger partial charge is 0.255 e. The number of nitrogens with one attached hydrogen (secondary N) is 1. The third-order valence-corrected chi connectivity index (χ3v) is 2.51. The number of amides is 1. The molecule has 1 amide bonds. The summed E-state index contributed by atoms with van der Waals surface area (Å²) in [4.78, 5) is 11.6. The third-order valence-electron chi connectivity index (χ3n) is 2.29. The fourth-order valence-electron chi connectivity index (χ4n) is 1.39. The van der Waals surface area contributed by atoms with E-state index in [1.54, 1.807) is 0 Å². The highest BCUT2D eigenvalue weighted by Gasteiger charge is 2.10. The second-order valence-corrected chi connectivity index (χ2v) is 4.63. The summed E-state index contributed by atoms with van der Waals surface area (Å²) in [6.07, 6.45) is 1.61. The first-order valence-corrected chi connectivity index (χ1v) is 5.88. The van der Waals surface area contributed by atoms with Gasteiger partial charge < -0.3 is 15.5 Å². The molecule has 1 aromatic carbocycles. The Hall–Kier alpha value is -1.42. The molecule has 0 bridgehead atoms. The van der Waals surface area contributed by atoms with Gasteiger partial charge in [-0.1, -0.05) is 0 Å². The molecule has 0 heterocycles. The molecular weight excluding hydrogens is 242 g/mol. The van der Waals surface area contributed by atoms with E-state index in [0.29, 0.717) is 6.54 Å². The zero-order chi connectivity index (χ0) is 12.8. The van der Waals surface area contributed by atoms with Gasteiger partial charge in [0.15, 0.2) is 0 Å². The minimum atomic E-state index is -0.357. The number of rotatable bonds is 5. The van der Waals surface area contributed by atoms with Gasteiger partial charge in [-0.15, -0.1) is 11.6 Å². The minimum absolute atomic E-state index is 0.0741. The van der Waals surface area contributed by atoms with E-state index in [4.69, 9.17) is 16.7 Å². The average Bonchev–Trinajstić information content (AvgIpc) is 2.23. The molecule has 0 aliphatic rings. The Morgan fingerprint density at radius 1 is 1.47 bits per heavy atom. The summed E-state index contributed by atoms with van der Waals surface area (Å²) < 4.78 is 0. The van der Waals surface area contributed by atoms with Gasteiger partial charge in [-0.05, 0) is 31.9 Å². The lowest BCUT2D eigenvalue weighted by molar-refractivity contribution is 0.0950. The van der Waals surface area contributed by atoms with Crippen molar-refractivity contribution in [1.29, 1.82) is 0 Å². The highest BCUT2D eigenvalue weighted by Crippen LogP contribution is 2.22. The topological polar surface area (TPSA) is 69.6 Å². The molecule has 1 unspecified atom stereocenters. The predicted molar refractivity (Wildman–Crippen MR) is 66.7 cm³/mol. The van der Waals surface area contributed by atoms with E-state index in [1.807, 2.05) is 6.92 Å². The zero-order valence-electron chi connectivity index (χ0n) is 9.61. The maximum Gasteiger partial charge on any atom is 0.255 e. The quantitative estimate of drug-likeness (QED) is 0.560. The molecule has 1 rings (SSSR count). The Kier molecular flexibility index (Phi) is 5.10. The van der Waals surface area contributed by atoms with Gasteiger partial charge in [0.2, 0.25) is 0 Å². The number of carbonyl (C=O) groups is 1. The van der Waals surface area contributed by atoms with Gasteiger partial charge in [-0.3, -0.25) is 4.79 Å². The van der Waals surface area contributed by atoms with Gasteiger partial charge in [-0.25, -0.2) is 0 Å². The second-order valence-electron chi connectivity index (χ2n) is 3.88. The fraction of sp³-hybridized carbons (Fsp3) is 0.417. The van der Waals surface area contributed by atoms with Gasteiger partial charge in [0.1, 0.15) is 11.5 Å². The number of halogens is 1. The molecule has 94 valence electrons. The normalized spacial score (nSPS) is 12.1. The van der Waals surface area contributed by atoms with Crippen LogP contribution in [0.15, 0.2) is 18.2 Å². The number of hydrogen-bond donors (Lipinski definition) is 3. The Morgan fingerprint density at radius 2 is 2.18 bits per heavy atom. The summed E-state index contributed by atoms with van der Waals surface area (Å²) in [6, 6.07) is 3.87. The van der Waals surface area contributed by atoms with Gasteiger partial charge in [-0.2, -0.15) is 0 Å². The van der Waals surface area contributed by atoms with Crippen LogP contribution in [0.2, 0.25) is 0 Å². The van der Waals surface area contributed by atoms with Crippen molar-refractivity contribution in [2.75, 3.05) is 6.54 Å². The fourth-order valence-corrected chi connectivity index (χ4v) is 1.55. The molecule has 17 heavy (non-hydrogen) atoms. The molecule has 0 spiro atoms. The lowest BCUT2D eigenvalue weighted by Crippen LogP contribution is -2.24. The van der Waals surface area contributed by atoms with Crippen molar-refractivity contribution in [2.45, 2.75) is 25.1 Å². The number of carbonyl (C=O) groups excluding carboxylic acids is 1. The van der Waals surface area contributed by atoms with Crippen LogP contribution in [0.1, 0.15) is 30.1 Å². The highest BCUT2D eigenvalue weighted by atomic mass is 35.5. The molecule has 0 aromatic heterocycles. The molecule has 0 saturated heterocycles. The molecule has 5 heteroatoms. The molecule has 3 N–H and O–H groups in total. The van der Waals surface area contributed by atoms with Crippen LogP contribution in [0.4, 0.5) is 0 Å². The van der Waals surface area contributed by atoms with Crippen molar-refractivity contribution in [2.24, 2.45) is 0 Å². The van der Waals surface area contributed by atoms with Gasteiger partial charge >= 0.3 is 0 Å². The van der Waals surface area contributed by atoms with E-state index in [2.05, 4.69) is 5.32 Å². The monoisotopic (exact) mass is 257 g/mol. The Morgan fingerprint density at radius 3 is 2.76 bits per heavy atom. The number of benzene rings is 1. The molecule has 0 aliphatic carbocycles. The van der Waals surface area contributed by atoms with Crippen molar-refractivity contribution < 1.29 is 15.0 Å². The minimum Gasteiger partial charge on any atom is -0.508 e. The van der Waals surface area contributed by atoms with Crippen molar-refractivity contribution in [3.05, 3.63) is 23.8 Å². The second kappa shape index (κ2) is 6.35. The summed E-state index contributed by atoms with van der Waals surface area (Å²) >= 11 is 5.77. The maximum absolute atomic E-state index is 11.6. The number of aromatic hydroxyl groups is 2. The van der Waals surface area contributed by atoms with E-state index in [0.717, 1.165) is 18.9 Å². The summed E-state index contributed by atoms with van der Waals surface area (Å²) in [6.45, 7) is 2.41. The number of phenols is 2. The van der Waals surface area contributed by atoms with Crippen LogP contribution in [0.25, 0.3) is 0 Å². The van der Waals surface area contributed by atoms with Crippen molar-refractivity contribution in [3.63, 3.8) is 0 Å². The highest BCUT2D eigenvalue weighted by molar-refractivity contribution is 6.20. The first kappa shape index (κ1) is 13.6. The van der Waals surface area contributed by atoms with E-state index in [9.17, 15) is 9.90 Å². The Labute approximate surface area is 105 Å². The largest absolute Gasteiger partial charge is 0.508 e. The number of alkyl halides is 1. The van der Waals surface area contributed by atoms with E-state index < -0.39 is 0 Å². The van der Waals surface area contributed by atoms with Crippen LogP contribution >= 0.6 is 11.6 Å². The van der Waals surface area contributed by atoms with Crippen molar-refractivity contribution in [3.8, 4) is 11.5 Å². The first-order chi connectivity index (χ1) is 8.00. The van der Waals surface area contributed by atoms with E-state index in [1.165, 1.54) is 12.1 Å². The zero-order valence-corrected chi connectivity index (χ0v) is 10.4. The Bertz CT molecular complexity index is 393. The van der Waals surface area contributed by atoms with Crippen LogP contribution < -0.4 is 5.32 Å². The van der Waals surface area contributed by atoms with Gasteiger partial charge in [0, 0.05) is 18.0 Å². The average molecular weight is 258 g/mol. The summed E-state index contributed by atoms with van der Waals surface area (Å²) in [5.41, 5.74) is 0.154. The Balaban J connectivity index is 2.47. The van der Waals surface area contributed by atoms with E-state index >= 15 is 0 Å². The van der Waals surface area contributed by atoms with Gasteiger partial charge in [0.05, 0.1) is 5.56 Å². The summed E-state index contributed by atoms with van der Waals surface area (Å²) in [5, 5.41) is 21.3. The molecule has 0 radical (unpaired) electrons. The first-order valence-electron chi connectivity index (χ1n) is 5.45. The van der Waals surface area contributed by atoms with Crippen LogP contribution in [0.5, 0.6) is 11.5 Å². The maximum atomic E-state index is 11.6. The lowest BCUT2D eigenvalue weighted by Gasteiger charge is -2.07. The van der Waals surface area contributed by atoms with Crippen LogP contribution in [-0.2, 0) is 0 Å². The van der Waals surface area contributed by atoms with E-state index in [-0.39, 0.29) is 28.3 Å². The number of phenolic OH excluding ortho intramolecular Hbond substituents is 2. The molecule has 1 atom stereocenters. The molecular formula is C12H16ClNO3. The third kappa shape index (κ3) is 4.53. The molecule has 0 saturated carbocycles. The van der Waals surface area contributed by atoms with Gasteiger partial charge in [0.25, 0.3) is 5.91 Å². The summed E-state index contributed by atoms with van der Waals surface area (Å²) in [7, 11) is 0. The SMILES string of the molecule is CC(Cl)CCCNC(=O)c1ccc(O)cc1O. The molecule has 4 nitrogen and oxygen atoms in total. The van der Waals surface area contributed by atoms with Crippen LogP contribution in [-0.4, -0.2) is 28.0 Å².